The molecule has 2 saturated heterocycles. The standard InChI is InChI=1S/C15H25BrN4/c1-11-15(16)14(19(2)18-11)10-20-8-4-5-12(9-20)13-6-3-7-17-13/h12-13,17H,3-10H2,1-2H3. The van der Waals surface area contributed by atoms with E-state index in [1.807, 2.05) is 11.7 Å². The summed E-state index contributed by atoms with van der Waals surface area (Å²) in [6.07, 6.45) is 5.44. The highest BCUT2D eigenvalue weighted by atomic mass is 79.9. The molecule has 5 heteroatoms. The fourth-order valence-corrected chi connectivity index (χ4v) is 4.20. The van der Waals surface area contributed by atoms with Crippen LogP contribution < -0.4 is 5.32 Å². The average molecular weight is 341 g/mol. The van der Waals surface area contributed by atoms with Gasteiger partial charge in [0.05, 0.1) is 15.9 Å². The fourth-order valence-electron chi connectivity index (χ4n) is 3.74. The number of halogens is 1. The van der Waals surface area contributed by atoms with Crippen LogP contribution in [0.1, 0.15) is 37.1 Å². The highest BCUT2D eigenvalue weighted by molar-refractivity contribution is 9.10. The van der Waals surface area contributed by atoms with E-state index in [-0.39, 0.29) is 0 Å². The van der Waals surface area contributed by atoms with Gasteiger partial charge in [0, 0.05) is 26.2 Å². The van der Waals surface area contributed by atoms with Gasteiger partial charge >= 0.3 is 0 Å². The van der Waals surface area contributed by atoms with Crippen LogP contribution in [0.15, 0.2) is 4.47 Å². The van der Waals surface area contributed by atoms with E-state index in [4.69, 9.17) is 0 Å². The number of nitrogens with one attached hydrogen (secondary N) is 1. The van der Waals surface area contributed by atoms with Crippen molar-refractivity contribution in [3.63, 3.8) is 0 Å². The molecule has 2 aliphatic rings. The van der Waals surface area contributed by atoms with Crippen LogP contribution in [0.2, 0.25) is 0 Å². The molecule has 0 spiro atoms. The van der Waals surface area contributed by atoms with Crippen LogP contribution in [0.3, 0.4) is 0 Å². The van der Waals surface area contributed by atoms with Gasteiger partial charge in [0.15, 0.2) is 0 Å². The molecular formula is C15H25BrN4. The Morgan fingerprint density at radius 1 is 1.35 bits per heavy atom. The second-order valence-electron chi connectivity index (χ2n) is 6.31. The number of aromatic nitrogens is 2. The Morgan fingerprint density at radius 3 is 2.85 bits per heavy atom. The molecule has 0 saturated carbocycles. The Morgan fingerprint density at radius 2 is 2.20 bits per heavy atom. The largest absolute Gasteiger partial charge is 0.314 e. The molecule has 4 nitrogen and oxygen atoms in total. The minimum atomic E-state index is 0.759. The summed E-state index contributed by atoms with van der Waals surface area (Å²) >= 11 is 3.69. The number of piperidine rings is 1. The lowest BCUT2D eigenvalue weighted by atomic mass is 9.90. The Balaban J connectivity index is 1.65. The number of hydrogen-bond acceptors (Lipinski definition) is 3. The SMILES string of the molecule is Cc1nn(C)c(CN2CCCC(C3CCCN3)C2)c1Br. The summed E-state index contributed by atoms with van der Waals surface area (Å²) in [6, 6.07) is 0.759. The summed E-state index contributed by atoms with van der Waals surface area (Å²) < 4.78 is 3.21. The van der Waals surface area contributed by atoms with Gasteiger partial charge in [-0.15, -0.1) is 0 Å². The first-order chi connectivity index (χ1) is 9.65. The zero-order valence-electron chi connectivity index (χ0n) is 12.5. The van der Waals surface area contributed by atoms with Gasteiger partial charge in [0.2, 0.25) is 0 Å². The smallest absolute Gasteiger partial charge is 0.0739 e. The molecule has 3 heterocycles. The van der Waals surface area contributed by atoms with Gasteiger partial charge in [-0.3, -0.25) is 9.58 Å². The Labute approximate surface area is 130 Å². The quantitative estimate of drug-likeness (QED) is 0.917. The number of rotatable bonds is 3. The maximum atomic E-state index is 4.50. The fraction of sp³-hybridized carbons (Fsp3) is 0.800. The number of hydrogen-bond donors (Lipinski definition) is 1. The number of aryl methyl sites for hydroxylation is 2. The van der Waals surface area contributed by atoms with Crippen LogP contribution in [-0.2, 0) is 13.6 Å². The molecule has 0 aromatic carbocycles. The van der Waals surface area contributed by atoms with Gasteiger partial charge in [0.1, 0.15) is 0 Å². The third-order valence-corrected chi connectivity index (χ3v) is 5.88. The summed E-state index contributed by atoms with van der Waals surface area (Å²) in [5, 5.41) is 8.19. The zero-order chi connectivity index (χ0) is 14.1. The summed E-state index contributed by atoms with van der Waals surface area (Å²) in [4.78, 5) is 2.61. The van der Waals surface area contributed by atoms with E-state index in [9.17, 15) is 0 Å². The molecule has 1 aromatic heterocycles. The van der Waals surface area contributed by atoms with Crippen molar-refractivity contribution in [3.8, 4) is 0 Å². The van der Waals surface area contributed by atoms with Crippen LogP contribution in [0.4, 0.5) is 0 Å². The van der Waals surface area contributed by atoms with E-state index in [0.717, 1.165) is 24.2 Å². The van der Waals surface area contributed by atoms with Crippen molar-refractivity contribution in [2.24, 2.45) is 13.0 Å². The molecule has 0 amide bonds. The molecule has 20 heavy (non-hydrogen) atoms. The van der Waals surface area contributed by atoms with Gasteiger partial charge in [-0.2, -0.15) is 5.10 Å². The zero-order valence-corrected chi connectivity index (χ0v) is 14.1. The maximum Gasteiger partial charge on any atom is 0.0739 e. The van der Waals surface area contributed by atoms with Crippen LogP contribution in [0, 0.1) is 12.8 Å². The normalized spacial score (nSPS) is 28.1. The summed E-state index contributed by atoms with van der Waals surface area (Å²) in [6.45, 7) is 6.75. The highest BCUT2D eigenvalue weighted by Crippen LogP contribution is 2.27. The predicted molar refractivity (Wildman–Crippen MR) is 84.7 cm³/mol. The van der Waals surface area contributed by atoms with Crippen LogP contribution in [0.25, 0.3) is 0 Å². The lowest BCUT2D eigenvalue weighted by molar-refractivity contribution is 0.142. The Hall–Kier alpha value is -0.390. The Bertz CT molecular complexity index is 465. The van der Waals surface area contributed by atoms with Crippen molar-refractivity contribution in [2.75, 3.05) is 19.6 Å². The van der Waals surface area contributed by atoms with Crippen LogP contribution >= 0.6 is 15.9 Å². The molecule has 0 radical (unpaired) electrons. The number of nitrogens with zero attached hydrogens (tertiary/aromatic N) is 3. The van der Waals surface area contributed by atoms with Crippen molar-refractivity contribution in [1.29, 1.82) is 0 Å². The first-order valence-corrected chi connectivity index (χ1v) is 8.58. The molecule has 1 aromatic rings. The van der Waals surface area contributed by atoms with E-state index in [2.05, 4.69) is 38.2 Å². The molecule has 3 rings (SSSR count). The first kappa shape index (κ1) is 14.5. The maximum absolute atomic E-state index is 4.50. The first-order valence-electron chi connectivity index (χ1n) is 7.79. The summed E-state index contributed by atoms with van der Waals surface area (Å²) in [5.41, 5.74) is 2.40. The van der Waals surface area contributed by atoms with Gasteiger partial charge in [-0.1, -0.05) is 0 Å². The topological polar surface area (TPSA) is 33.1 Å². The van der Waals surface area contributed by atoms with Crippen molar-refractivity contribution >= 4 is 15.9 Å². The van der Waals surface area contributed by atoms with Crippen LogP contribution in [0.5, 0.6) is 0 Å². The summed E-state index contributed by atoms with van der Waals surface area (Å²) in [7, 11) is 2.05. The summed E-state index contributed by atoms with van der Waals surface area (Å²) in [5.74, 6) is 0.833. The van der Waals surface area contributed by atoms with Crippen molar-refractivity contribution in [3.05, 3.63) is 15.9 Å². The molecule has 112 valence electrons. The van der Waals surface area contributed by atoms with Gasteiger partial charge in [-0.05, 0) is 67.5 Å². The third kappa shape index (κ3) is 2.95. The second-order valence-corrected chi connectivity index (χ2v) is 7.10. The molecule has 2 unspecified atom stereocenters. The predicted octanol–water partition coefficient (Wildman–Crippen LogP) is 2.46. The number of likely N-dealkylation sites (tertiary alicyclic amines) is 1. The van der Waals surface area contributed by atoms with Crippen molar-refractivity contribution in [2.45, 2.75) is 45.2 Å². The molecule has 1 N–H and O–H groups in total. The average Bonchev–Trinajstić information content (AvgIpc) is 3.05. The van der Waals surface area contributed by atoms with E-state index >= 15 is 0 Å². The van der Waals surface area contributed by atoms with Gasteiger partial charge in [0.25, 0.3) is 0 Å². The Kier molecular flexibility index (Phi) is 4.48. The minimum Gasteiger partial charge on any atom is -0.314 e. The van der Waals surface area contributed by atoms with E-state index in [1.165, 1.54) is 55.5 Å². The lowest BCUT2D eigenvalue weighted by Gasteiger charge is -2.35. The molecule has 0 bridgehead atoms. The monoisotopic (exact) mass is 340 g/mol. The highest BCUT2D eigenvalue weighted by Gasteiger charge is 2.29. The molecule has 2 atom stereocenters. The minimum absolute atomic E-state index is 0.759. The second kappa shape index (κ2) is 6.16. The molecule has 2 aliphatic heterocycles. The van der Waals surface area contributed by atoms with Gasteiger partial charge in [-0.25, -0.2) is 0 Å². The van der Waals surface area contributed by atoms with Crippen LogP contribution in [-0.4, -0.2) is 40.4 Å². The van der Waals surface area contributed by atoms with Crippen molar-refractivity contribution in [1.82, 2.24) is 20.0 Å². The van der Waals surface area contributed by atoms with E-state index < -0.39 is 0 Å². The lowest BCUT2D eigenvalue weighted by Crippen LogP contribution is -2.43. The molecule has 0 aliphatic carbocycles. The molecular weight excluding hydrogens is 316 g/mol. The van der Waals surface area contributed by atoms with Crippen molar-refractivity contribution < 1.29 is 0 Å². The molecule has 2 fully saturated rings. The van der Waals surface area contributed by atoms with E-state index in [0.29, 0.717) is 0 Å². The third-order valence-electron chi connectivity index (χ3n) is 4.84. The van der Waals surface area contributed by atoms with E-state index in [1.54, 1.807) is 0 Å². The van der Waals surface area contributed by atoms with Gasteiger partial charge < -0.3 is 5.32 Å².